The van der Waals surface area contributed by atoms with E-state index in [0.29, 0.717) is 13.0 Å². The Hall–Kier alpha value is -2.66. The summed E-state index contributed by atoms with van der Waals surface area (Å²) in [5, 5.41) is 2.97. The molecule has 1 saturated heterocycles. The minimum absolute atomic E-state index is 0.0524. The molecule has 1 aliphatic heterocycles. The lowest BCUT2D eigenvalue weighted by molar-refractivity contribution is -0.123. The Kier molecular flexibility index (Phi) is 4.48. The summed E-state index contributed by atoms with van der Waals surface area (Å²) in [6, 6.07) is 16.2. The Morgan fingerprint density at radius 3 is 2.84 bits per heavy atom. The predicted molar refractivity (Wildman–Crippen MR) is 96.5 cm³/mol. The largest absolute Gasteiger partial charge is 0.378 e. The first-order valence-corrected chi connectivity index (χ1v) is 8.69. The van der Waals surface area contributed by atoms with Gasteiger partial charge in [-0.05, 0) is 42.7 Å². The Bertz CT molecular complexity index is 864. The van der Waals surface area contributed by atoms with Crippen LogP contribution in [0.3, 0.4) is 0 Å². The van der Waals surface area contributed by atoms with Crippen LogP contribution in [-0.4, -0.2) is 28.2 Å². The zero-order valence-electron chi connectivity index (χ0n) is 14.0. The molecular formula is C20H21N3O2. The highest BCUT2D eigenvalue weighted by Gasteiger charge is 2.18. The number of aromatic nitrogens is 2. The minimum atomic E-state index is 0.0524. The van der Waals surface area contributed by atoms with Gasteiger partial charge in [0, 0.05) is 18.8 Å². The first-order chi connectivity index (χ1) is 12.3. The summed E-state index contributed by atoms with van der Waals surface area (Å²) in [6.45, 7) is 1.32. The van der Waals surface area contributed by atoms with Crippen LogP contribution in [0.4, 0.5) is 0 Å². The summed E-state index contributed by atoms with van der Waals surface area (Å²) in [5.41, 5.74) is 4.20. The van der Waals surface area contributed by atoms with E-state index in [9.17, 15) is 4.79 Å². The number of carbonyl (C=O) groups is 1. The van der Waals surface area contributed by atoms with Gasteiger partial charge in [-0.2, -0.15) is 0 Å². The molecule has 2 aromatic carbocycles. The van der Waals surface area contributed by atoms with Gasteiger partial charge in [0.05, 0.1) is 23.6 Å². The molecule has 5 nitrogen and oxygen atoms in total. The van der Waals surface area contributed by atoms with Gasteiger partial charge in [0.2, 0.25) is 5.91 Å². The molecule has 1 fully saturated rings. The van der Waals surface area contributed by atoms with E-state index in [-0.39, 0.29) is 12.0 Å². The van der Waals surface area contributed by atoms with Gasteiger partial charge in [-0.15, -0.1) is 0 Å². The molecule has 0 aliphatic carbocycles. The Balaban J connectivity index is 1.39. The monoisotopic (exact) mass is 335 g/mol. The van der Waals surface area contributed by atoms with Crippen molar-refractivity contribution >= 4 is 16.9 Å². The van der Waals surface area contributed by atoms with Gasteiger partial charge in [-0.1, -0.05) is 24.3 Å². The van der Waals surface area contributed by atoms with Crippen molar-refractivity contribution in [1.29, 1.82) is 0 Å². The van der Waals surface area contributed by atoms with Crippen molar-refractivity contribution in [3.05, 3.63) is 60.4 Å². The lowest BCUT2D eigenvalue weighted by Crippen LogP contribution is -2.26. The van der Waals surface area contributed by atoms with E-state index in [1.165, 1.54) is 0 Å². The fraction of sp³-hybridized carbons (Fsp3) is 0.300. The summed E-state index contributed by atoms with van der Waals surface area (Å²) in [7, 11) is 0. The van der Waals surface area contributed by atoms with Gasteiger partial charge in [-0.25, -0.2) is 4.98 Å². The molecule has 1 amide bonds. The molecule has 128 valence electrons. The van der Waals surface area contributed by atoms with Crippen molar-refractivity contribution < 1.29 is 9.53 Å². The molecule has 1 N–H and O–H groups in total. The Labute approximate surface area is 146 Å². The van der Waals surface area contributed by atoms with E-state index in [1.54, 1.807) is 0 Å². The fourth-order valence-corrected chi connectivity index (χ4v) is 3.22. The summed E-state index contributed by atoms with van der Waals surface area (Å²) in [6.07, 6.45) is 4.43. The number of hydrogen-bond donors (Lipinski definition) is 1. The number of nitrogens with zero attached hydrogens (tertiary/aromatic N) is 2. The minimum Gasteiger partial charge on any atom is -0.378 e. The van der Waals surface area contributed by atoms with Crippen molar-refractivity contribution in [2.75, 3.05) is 6.61 Å². The zero-order chi connectivity index (χ0) is 17.1. The van der Waals surface area contributed by atoms with Crippen LogP contribution in [0.2, 0.25) is 0 Å². The van der Waals surface area contributed by atoms with Crippen LogP contribution in [0.25, 0.3) is 16.7 Å². The van der Waals surface area contributed by atoms with Crippen LogP contribution in [0.1, 0.15) is 24.8 Å². The van der Waals surface area contributed by atoms with Gasteiger partial charge >= 0.3 is 0 Å². The van der Waals surface area contributed by atoms with E-state index in [0.717, 1.165) is 41.7 Å². The van der Waals surface area contributed by atoms with Gasteiger partial charge in [0.25, 0.3) is 0 Å². The molecule has 1 aromatic heterocycles. The molecule has 0 bridgehead atoms. The predicted octanol–water partition coefficient (Wildman–Crippen LogP) is 3.21. The third-order valence-corrected chi connectivity index (χ3v) is 4.59. The van der Waals surface area contributed by atoms with Crippen LogP contribution >= 0.6 is 0 Å². The van der Waals surface area contributed by atoms with E-state index < -0.39 is 0 Å². The average molecular weight is 335 g/mol. The second-order valence-corrected chi connectivity index (χ2v) is 6.39. The van der Waals surface area contributed by atoms with Gasteiger partial charge in [0.15, 0.2) is 0 Å². The van der Waals surface area contributed by atoms with E-state index in [4.69, 9.17) is 4.74 Å². The number of imidazole rings is 1. The molecule has 5 heteroatoms. The highest BCUT2D eigenvalue weighted by Crippen LogP contribution is 2.18. The first kappa shape index (κ1) is 15.8. The van der Waals surface area contributed by atoms with Gasteiger partial charge in [0.1, 0.15) is 6.33 Å². The van der Waals surface area contributed by atoms with Crippen molar-refractivity contribution in [2.45, 2.75) is 31.9 Å². The molecule has 1 atom stereocenters. The van der Waals surface area contributed by atoms with E-state index in [2.05, 4.69) is 33.1 Å². The van der Waals surface area contributed by atoms with Gasteiger partial charge in [-0.3, -0.25) is 9.36 Å². The summed E-state index contributed by atoms with van der Waals surface area (Å²) >= 11 is 0. The van der Waals surface area contributed by atoms with Crippen molar-refractivity contribution in [1.82, 2.24) is 14.9 Å². The molecular weight excluding hydrogens is 314 g/mol. The molecule has 2 heterocycles. The maximum atomic E-state index is 12.0. The second kappa shape index (κ2) is 7.07. The average Bonchev–Trinajstić information content (AvgIpc) is 3.30. The van der Waals surface area contributed by atoms with Crippen LogP contribution < -0.4 is 5.32 Å². The molecule has 3 aromatic rings. The number of benzene rings is 2. The second-order valence-electron chi connectivity index (χ2n) is 6.39. The summed E-state index contributed by atoms with van der Waals surface area (Å²) in [4.78, 5) is 16.4. The number of ether oxygens (including phenoxy) is 1. The third kappa shape index (κ3) is 3.56. The van der Waals surface area contributed by atoms with Crippen molar-refractivity contribution in [3.63, 3.8) is 0 Å². The lowest BCUT2D eigenvalue weighted by Gasteiger charge is -2.10. The number of nitrogens with one attached hydrogen (secondary N) is 1. The Morgan fingerprint density at radius 2 is 2.04 bits per heavy atom. The molecule has 4 rings (SSSR count). The smallest absolute Gasteiger partial charge is 0.222 e. The Morgan fingerprint density at radius 1 is 1.20 bits per heavy atom. The van der Waals surface area contributed by atoms with Crippen LogP contribution in [0.15, 0.2) is 54.9 Å². The van der Waals surface area contributed by atoms with Gasteiger partial charge < -0.3 is 10.1 Å². The van der Waals surface area contributed by atoms with Crippen LogP contribution in [0, 0.1) is 0 Å². The normalized spacial score (nSPS) is 17.0. The standard InChI is InChI=1S/C20H21N3O2/c24-20(12-17-4-3-11-25-17)21-13-15-7-9-16(10-8-15)23-14-22-18-5-1-2-6-19(18)23/h1-2,5-10,14,17H,3-4,11-13H2,(H,21,24). The molecule has 1 unspecified atom stereocenters. The zero-order valence-corrected chi connectivity index (χ0v) is 14.0. The van der Waals surface area contributed by atoms with Crippen molar-refractivity contribution in [2.24, 2.45) is 0 Å². The maximum absolute atomic E-state index is 12.0. The third-order valence-electron chi connectivity index (χ3n) is 4.59. The topological polar surface area (TPSA) is 56.1 Å². The van der Waals surface area contributed by atoms with E-state index in [1.807, 2.05) is 36.7 Å². The number of carbonyl (C=O) groups excluding carboxylic acids is 1. The lowest BCUT2D eigenvalue weighted by atomic mass is 10.1. The molecule has 0 saturated carbocycles. The fourth-order valence-electron chi connectivity index (χ4n) is 3.22. The van der Waals surface area contributed by atoms with E-state index >= 15 is 0 Å². The molecule has 0 radical (unpaired) electrons. The number of hydrogen-bond acceptors (Lipinski definition) is 3. The molecule has 25 heavy (non-hydrogen) atoms. The summed E-state index contributed by atoms with van der Waals surface area (Å²) in [5.74, 6) is 0.0524. The molecule has 1 aliphatic rings. The number of amides is 1. The highest BCUT2D eigenvalue weighted by molar-refractivity contribution is 5.77. The summed E-state index contributed by atoms with van der Waals surface area (Å²) < 4.78 is 7.56. The molecule has 0 spiro atoms. The van der Waals surface area contributed by atoms with Crippen molar-refractivity contribution in [3.8, 4) is 5.69 Å². The number of rotatable bonds is 5. The SMILES string of the molecule is O=C(CC1CCCO1)NCc1ccc(-n2cnc3ccccc32)cc1. The number of fused-ring (bicyclic) bond motifs is 1. The highest BCUT2D eigenvalue weighted by atomic mass is 16.5. The maximum Gasteiger partial charge on any atom is 0.222 e. The number of para-hydroxylation sites is 2. The first-order valence-electron chi connectivity index (χ1n) is 8.69. The van der Waals surface area contributed by atoms with Crippen LogP contribution in [-0.2, 0) is 16.1 Å². The van der Waals surface area contributed by atoms with Crippen LogP contribution in [0.5, 0.6) is 0 Å². The quantitative estimate of drug-likeness (QED) is 0.779.